The van der Waals surface area contributed by atoms with Crippen molar-refractivity contribution in [2.24, 2.45) is 0 Å². The fraction of sp³-hybridized carbons (Fsp3) is 0.208. The first-order chi connectivity index (χ1) is 13.0. The summed E-state index contributed by atoms with van der Waals surface area (Å²) in [5, 5.41) is 1.87. The number of rotatable bonds is 7. The molecule has 3 heteroatoms. The predicted molar refractivity (Wildman–Crippen MR) is 117 cm³/mol. The van der Waals surface area contributed by atoms with Crippen molar-refractivity contribution in [1.82, 2.24) is 4.98 Å². The zero-order valence-electron chi connectivity index (χ0n) is 16.1. The quantitative estimate of drug-likeness (QED) is 0.630. The van der Waals surface area contributed by atoms with Crippen LogP contribution in [0.1, 0.15) is 31.5 Å². The lowest BCUT2D eigenvalue weighted by Gasteiger charge is -2.41. The number of hydrogen-bond acceptors (Lipinski definition) is 2. The third-order valence-electron chi connectivity index (χ3n) is 5.46. The standard InChI is InChI=1S/C24H27NOSi/c1-4-21-16-15-20(19-25-21)17-18-24(2,3)27(26,22-11-7-5-8-12-22)23-13-9-6-10-14-23/h4-16,19,26H,1,17-18H2,2-3H3. The average molecular weight is 374 g/mol. The molecule has 0 aliphatic carbocycles. The number of nitrogens with zero attached hydrogens (tertiary/aromatic N) is 1. The number of benzene rings is 2. The van der Waals surface area contributed by atoms with Crippen LogP contribution in [-0.4, -0.2) is 18.1 Å². The van der Waals surface area contributed by atoms with Gasteiger partial charge in [0.2, 0.25) is 0 Å². The second-order valence-electron chi connectivity index (χ2n) is 7.62. The van der Waals surface area contributed by atoms with E-state index in [9.17, 15) is 4.80 Å². The summed E-state index contributed by atoms with van der Waals surface area (Å²) in [6.07, 6.45) is 5.43. The second-order valence-corrected chi connectivity index (χ2v) is 11.6. The number of aromatic nitrogens is 1. The van der Waals surface area contributed by atoms with E-state index in [1.54, 1.807) is 6.08 Å². The van der Waals surface area contributed by atoms with Crippen LogP contribution in [0.15, 0.2) is 85.6 Å². The van der Waals surface area contributed by atoms with Crippen molar-refractivity contribution in [3.05, 3.63) is 96.8 Å². The molecule has 3 rings (SSSR count). The summed E-state index contributed by atoms with van der Waals surface area (Å²) in [5.74, 6) is 0. The largest absolute Gasteiger partial charge is 0.424 e. The van der Waals surface area contributed by atoms with E-state index in [1.807, 2.05) is 48.7 Å². The fourth-order valence-corrected chi connectivity index (χ4v) is 7.38. The van der Waals surface area contributed by atoms with Crippen LogP contribution in [0.4, 0.5) is 0 Å². The maximum Gasteiger partial charge on any atom is 0.258 e. The highest BCUT2D eigenvalue weighted by atomic mass is 28.4. The molecule has 0 fully saturated rings. The first kappa shape index (κ1) is 19.3. The highest BCUT2D eigenvalue weighted by molar-refractivity contribution is 6.98. The van der Waals surface area contributed by atoms with Crippen molar-refractivity contribution in [1.29, 1.82) is 0 Å². The Morgan fingerprint density at radius 1 is 0.926 bits per heavy atom. The number of aryl methyl sites for hydroxylation is 1. The van der Waals surface area contributed by atoms with Gasteiger partial charge in [0.15, 0.2) is 0 Å². The summed E-state index contributed by atoms with van der Waals surface area (Å²) in [6.45, 7) is 8.15. The first-order valence-electron chi connectivity index (χ1n) is 9.38. The Morgan fingerprint density at radius 2 is 1.48 bits per heavy atom. The molecule has 0 radical (unpaired) electrons. The molecule has 1 aromatic heterocycles. The Morgan fingerprint density at radius 3 is 1.93 bits per heavy atom. The summed E-state index contributed by atoms with van der Waals surface area (Å²) in [4.78, 5) is 16.6. The van der Waals surface area contributed by atoms with Gasteiger partial charge in [-0.3, -0.25) is 4.98 Å². The number of hydrogen-bond donors (Lipinski definition) is 1. The lowest BCUT2D eigenvalue weighted by molar-refractivity contribution is 0.466. The smallest absolute Gasteiger partial charge is 0.258 e. The molecule has 138 valence electrons. The van der Waals surface area contributed by atoms with Crippen LogP contribution in [0.2, 0.25) is 5.04 Å². The van der Waals surface area contributed by atoms with Gasteiger partial charge in [-0.2, -0.15) is 0 Å². The van der Waals surface area contributed by atoms with Crippen molar-refractivity contribution in [3.8, 4) is 0 Å². The molecule has 1 heterocycles. The van der Waals surface area contributed by atoms with Crippen molar-refractivity contribution in [2.75, 3.05) is 0 Å². The molecule has 0 atom stereocenters. The summed E-state index contributed by atoms with van der Waals surface area (Å²) < 4.78 is 0. The van der Waals surface area contributed by atoms with Crippen molar-refractivity contribution in [2.45, 2.75) is 31.7 Å². The normalized spacial score (nSPS) is 12.0. The highest BCUT2D eigenvalue weighted by Crippen LogP contribution is 2.39. The van der Waals surface area contributed by atoms with Gasteiger partial charge in [-0.25, -0.2) is 0 Å². The lowest BCUT2D eigenvalue weighted by atomic mass is 10.0. The summed E-state index contributed by atoms with van der Waals surface area (Å²) >= 11 is 0. The van der Waals surface area contributed by atoms with Crippen LogP contribution >= 0.6 is 0 Å². The van der Waals surface area contributed by atoms with Gasteiger partial charge in [-0.1, -0.05) is 87.2 Å². The third kappa shape index (κ3) is 3.94. The van der Waals surface area contributed by atoms with E-state index in [0.717, 1.165) is 28.9 Å². The van der Waals surface area contributed by atoms with Gasteiger partial charge in [0.05, 0.1) is 5.69 Å². The average Bonchev–Trinajstić information content (AvgIpc) is 2.73. The van der Waals surface area contributed by atoms with Gasteiger partial charge in [-0.15, -0.1) is 0 Å². The van der Waals surface area contributed by atoms with Crippen molar-refractivity contribution >= 4 is 24.8 Å². The Bertz CT molecular complexity index is 834. The van der Waals surface area contributed by atoms with E-state index < -0.39 is 8.32 Å². The minimum atomic E-state index is -2.94. The lowest BCUT2D eigenvalue weighted by Crippen LogP contribution is -2.65. The molecule has 1 N–H and O–H groups in total. The van der Waals surface area contributed by atoms with Crippen LogP contribution in [0.5, 0.6) is 0 Å². The van der Waals surface area contributed by atoms with Gasteiger partial charge in [-0.05, 0) is 46.0 Å². The molecular formula is C24H27NOSi. The molecule has 0 aliphatic heterocycles. The molecule has 0 bridgehead atoms. The van der Waals surface area contributed by atoms with E-state index in [4.69, 9.17) is 0 Å². The second kappa shape index (κ2) is 8.03. The minimum absolute atomic E-state index is 0.243. The zero-order valence-corrected chi connectivity index (χ0v) is 17.1. The molecule has 0 unspecified atom stereocenters. The van der Waals surface area contributed by atoms with Crippen LogP contribution in [0.3, 0.4) is 0 Å². The summed E-state index contributed by atoms with van der Waals surface area (Å²) in [5.41, 5.74) is 2.07. The summed E-state index contributed by atoms with van der Waals surface area (Å²) in [6, 6.07) is 24.5. The molecule has 0 amide bonds. The molecule has 0 aliphatic rings. The molecule has 0 saturated heterocycles. The Balaban J connectivity index is 1.94. The molecule has 27 heavy (non-hydrogen) atoms. The van der Waals surface area contributed by atoms with Gasteiger partial charge in [0.1, 0.15) is 0 Å². The molecule has 2 nitrogen and oxygen atoms in total. The molecule has 0 saturated carbocycles. The van der Waals surface area contributed by atoms with Crippen LogP contribution < -0.4 is 10.4 Å². The van der Waals surface area contributed by atoms with E-state index >= 15 is 0 Å². The molecule has 2 aromatic carbocycles. The Kier molecular flexibility index (Phi) is 5.73. The Hall–Kier alpha value is -2.49. The zero-order chi connectivity index (χ0) is 19.3. The van der Waals surface area contributed by atoms with Crippen LogP contribution in [0, 0.1) is 0 Å². The minimum Gasteiger partial charge on any atom is -0.424 e. The van der Waals surface area contributed by atoms with E-state index in [-0.39, 0.29) is 5.04 Å². The monoisotopic (exact) mass is 373 g/mol. The molecular weight excluding hydrogens is 346 g/mol. The predicted octanol–water partition coefficient (Wildman–Crippen LogP) is 4.19. The van der Waals surface area contributed by atoms with Crippen LogP contribution in [-0.2, 0) is 6.42 Å². The van der Waals surface area contributed by atoms with E-state index in [1.165, 1.54) is 5.56 Å². The van der Waals surface area contributed by atoms with Gasteiger partial charge < -0.3 is 4.80 Å². The highest BCUT2D eigenvalue weighted by Gasteiger charge is 2.49. The molecule has 3 aromatic rings. The first-order valence-corrected chi connectivity index (χ1v) is 11.3. The SMILES string of the molecule is C=Cc1ccc(CCC(C)(C)[Si](O)(c2ccccc2)c2ccccc2)cn1. The van der Waals surface area contributed by atoms with E-state index in [2.05, 4.69) is 55.7 Å². The number of pyridine rings is 1. The van der Waals surface area contributed by atoms with Gasteiger partial charge in [0.25, 0.3) is 8.32 Å². The fourth-order valence-electron chi connectivity index (χ4n) is 3.65. The van der Waals surface area contributed by atoms with Crippen molar-refractivity contribution < 1.29 is 4.80 Å². The van der Waals surface area contributed by atoms with Crippen molar-refractivity contribution in [3.63, 3.8) is 0 Å². The summed E-state index contributed by atoms with van der Waals surface area (Å²) in [7, 11) is -2.94. The van der Waals surface area contributed by atoms with Gasteiger partial charge in [0, 0.05) is 6.20 Å². The maximum atomic E-state index is 12.2. The third-order valence-corrected chi connectivity index (χ3v) is 10.0. The van der Waals surface area contributed by atoms with Gasteiger partial charge >= 0.3 is 0 Å². The maximum absolute atomic E-state index is 12.2. The molecule has 0 spiro atoms. The topological polar surface area (TPSA) is 33.1 Å². The van der Waals surface area contributed by atoms with Crippen LogP contribution in [0.25, 0.3) is 6.08 Å². The van der Waals surface area contributed by atoms with E-state index in [0.29, 0.717) is 0 Å². The Labute approximate surface area is 163 Å².